The first-order valence-corrected chi connectivity index (χ1v) is 11.6. The number of benzene rings is 2. The van der Waals surface area contributed by atoms with E-state index in [4.69, 9.17) is 4.74 Å². The van der Waals surface area contributed by atoms with Crippen molar-refractivity contribution in [1.82, 2.24) is 15.5 Å². The van der Waals surface area contributed by atoms with Crippen LogP contribution in [0.15, 0.2) is 60.2 Å². The number of ether oxygens (including phenoxy) is 1. The lowest BCUT2D eigenvalue weighted by Crippen LogP contribution is -2.54. The molecule has 2 unspecified atom stereocenters. The first-order valence-electron chi connectivity index (χ1n) is 11.6. The molecule has 2 amide bonds. The highest BCUT2D eigenvalue weighted by Crippen LogP contribution is 2.44. The van der Waals surface area contributed by atoms with Crippen molar-refractivity contribution >= 4 is 18.0 Å². The van der Waals surface area contributed by atoms with Crippen LogP contribution in [0.2, 0.25) is 0 Å². The third-order valence-corrected chi connectivity index (χ3v) is 5.88. The van der Waals surface area contributed by atoms with Gasteiger partial charge in [0.1, 0.15) is 18.7 Å². The second kappa shape index (κ2) is 11.7. The number of nitrogens with zero attached hydrogens (tertiary/aromatic N) is 1. The summed E-state index contributed by atoms with van der Waals surface area (Å²) in [5.74, 6) is -1.82. The lowest BCUT2D eigenvalue weighted by atomic mass is 9.98. The molecule has 0 radical (unpaired) electrons. The lowest BCUT2D eigenvalue weighted by Gasteiger charge is -2.23. The van der Waals surface area contributed by atoms with Gasteiger partial charge in [-0.1, -0.05) is 60.2 Å². The Labute approximate surface area is 206 Å². The molecule has 2 atom stereocenters. The maximum atomic E-state index is 12.9. The summed E-state index contributed by atoms with van der Waals surface area (Å²) < 4.78 is 5.57. The van der Waals surface area contributed by atoms with Gasteiger partial charge in [-0.15, -0.1) is 0 Å². The van der Waals surface area contributed by atoms with E-state index in [2.05, 4.69) is 22.8 Å². The minimum Gasteiger partial charge on any atom is -0.480 e. The van der Waals surface area contributed by atoms with Crippen molar-refractivity contribution in [3.05, 3.63) is 71.3 Å². The van der Waals surface area contributed by atoms with Crippen molar-refractivity contribution in [3.8, 4) is 11.1 Å². The van der Waals surface area contributed by atoms with Gasteiger partial charge >= 0.3 is 12.1 Å². The van der Waals surface area contributed by atoms with Gasteiger partial charge in [0.25, 0.3) is 0 Å². The van der Waals surface area contributed by atoms with E-state index in [1.54, 1.807) is 19.0 Å². The van der Waals surface area contributed by atoms with Crippen molar-refractivity contribution in [1.29, 1.82) is 0 Å². The van der Waals surface area contributed by atoms with Crippen LogP contribution in [0, 0.1) is 0 Å². The average Bonchev–Trinajstić information content (AvgIpc) is 3.13. The zero-order chi connectivity index (χ0) is 25.5. The summed E-state index contributed by atoms with van der Waals surface area (Å²) in [6.45, 7) is 4.01. The zero-order valence-corrected chi connectivity index (χ0v) is 20.6. The van der Waals surface area contributed by atoms with Crippen molar-refractivity contribution < 1.29 is 24.2 Å². The van der Waals surface area contributed by atoms with Crippen LogP contribution >= 0.6 is 0 Å². The van der Waals surface area contributed by atoms with Gasteiger partial charge in [0.05, 0.1) is 0 Å². The smallest absolute Gasteiger partial charge is 0.407 e. The number of rotatable bonds is 10. The van der Waals surface area contributed by atoms with E-state index in [1.165, 1.54) is 0 Å². The van der Waals surface area contributed by atoms with Crippen LogP contribution in [0.3, 0.4) is 0 Å². The van der Waals surface area contributed by atoms with Gasteiger partial charge in [-0.3, -0.25) is 4.79 Å². The molecule has 35 heavy (non-hydrogen) atoms. The van der Waals surface area contributed by atoms with Crippen LogP contribution < -0.4 is 10.6 Å². The highest BCUT2D eigenvalue weighted by molar-refractivity contribution is 5.89. The number of allylic oxidation sites excluding steroid dienone is 1. The molecule has 0 spiro atoms. The van der Waals surface area contributed by atoms with E-state index in [0.29, 0.717) is 0 Å². The van der Waals surface area contributed by atoms with E-state index < -0.39 is 30.1 Å². The Kier molecular flexibility index (Phi) is 8.65. The number of amides is 2. The molecule has 3 N–H and O–H groups in total. The van der Waals surface area contributed by atoms with E-state index in [0.717, 1.165) is 27.8 Å². The van der Waals surface area contributed by atoms with Crippen LogP contribution in [0.5, 0.6) is 0 Å². The zero-order valence-electron chi connectivity index (χ0n) is 20.6. The fourth-order valence-electron chi connectivity index (χ4n) is 4.19. The van der Waals surface area contributed by atoms with Crippen molar-refractivity contribution in [3.63, 3.8) is 0 Å². The fourth-order valence-corrected chi connectivity index (χ4v) is 4.19. The number of alkyl carbamates (subject to hydrolysis) is 1. The van der Waals surface area contributed by atoms with Crippen LogP contribution in [-0.4, -0.2) is 67.3 Å². The van der Waals surface area contributed by atoms with Crippen LogP contribution in [0.25, 0.3) is 11.1 Å². The fraction of sp³-hybridized carbons (Fsp3) is 0.370. The number of hydrogen-bond acceptors (Lipinski definition) is 5. The molecule has 0 saturated heterocycles. The Morgan fingerprint density at radius 2 is 1.54 bits per heavy atom. The number of carbonyl (C=O) groups is 3. The van der Waals surface area contributed by atoms with Gasteiger partial charge in [-0.25, -0.2) is 9.59 Å². The Hall–Kier alpha value is -3.65. The second-order valence-electron chi connectivity index (χ2n) is 9.20. The topological polar surface area (TPSA) is 108 Å². The normalized spacial score (nSPS) is 13.9. The van der Waals surface area contributed by atoms with Gasteiger partial charge in [-0.2, -0.15) is 0 Å². The van der Waals surface area contributed by atoms with E-state index in [1.807, 2.05) is 56.3 Å². The van der Waals surface area contributed by atoms with Gasteiger partial charge in [0, 0.05) is 12.5 Å². The van der Waals surface area contributed by atoms with E-state index in [9.17, 15) is 19.5 Å². The third-order valence-electron chi connectivity index (χ3n) is 5.88. The first kappa shape index (κ1) is 26.0. The van der Waals surface area contributed by atoms with Gasteiger partial charge < -0.3 is 25.4 Å². The summed E-state index contributed by atoms with van der Waals surface area (Å²) in [6.07, 6.45) is 1.30. The number of carbonyl (C=O) groups excluding carboxylic acids is 2. The number of likely N-dealkylation sites (N-methyl/N-ethyl adjacent to an activating group) is 1. The van der Waals surface area contributed by atoms with Gasteiger partial charge in [-0.05, 0) is 56.6 Å². The van der Waals surface area contributed by atoms with E-state index in [-0.39, 0.29) is 25.5 Å². The van der Waals surface area contributed by atoms with Crippen LogP contribution in [0.4, 0.5) is 4.79 Å². The minimum absolute atomic E-state index is 0.102. The Morgan fingerprint density at radius 3 is 2.06 bits per heavy atom. The SMILES string of the molecule is CC(C)=CCC(NC(=O)OCC1c2ccccc2-c2ccccc21)C(=O)NC(CN(C)C)C(=O)O. The molecule has 3 rings (SSSR count). The quantitative estimate of drug-likeness (QED) is 0.451. The molecule has 2 aromatic rings. The molecule has 0 heterocycles. The number of fused-ring (bicyclic) bond motifs is 3. The number of carboxylic acid groups (broad SMARTS) is 1. The van der Waals surface area contributed by atoms with E-state index >= 15 is 0 Å². The lowest BCUT2D eigenvalue weighted by molar-refractivity contribution is -0.142. The summed E-state index contributed by atoms with van der Waals surface area (Å²) in [5.41, 5.74) is 5.40. The van der Waals surface area contributed by atoms with Crippen molar-refractivity contribution in [2.75, 3.05) is 27.2 Å². The summed E-state index contributed by atoms with van der Waals surface area (Å²) in [6, 6.07) is 14.0. The molecule has 2 aromatic carbocycles. The molecule has 0 aliphatic heterocycles. The molecular formula is C27H33N3O5. The van der Waals surface area contributed by atoms with Gasteiger partial charge in [0.15, 0.2) is 0 Å². The van der Waals surface area contributed by atoms with Crippen LogP contribution in [0.1, 0.15) is 37.3 Å². The monoisotopic (exact) mass is 479 g/mol. The Balaban J connectivity index is 1.68. The molecule has 1 aliphatic rings. The number of aliphatic carboxylic acids is 1. The molecule has 0 fully saturated rings. The molecule has 0 aromatic heterocycles. The second-order valence-corrected chi connectivity index (χ2v) is 9.20. The summed E-state index contributed by atoms with van der Waals surface area (Å²) >= 11 is 0. The molecule has 0 bridgehead atoms. The van der Waals surface area contributed by atoms with Crippen molar-refractivity contribution in [2.45, 2.75) is 38.3 Å². The molecule has 186 valence electrons. The number of nitrogens with one attached hydrogen (secondary N) is 2. The predicted molar refractivity (Wildman–Crippen MR) is 134 cm³/mol. The molecule has 8 nitrogen and oxygen atoms in total. The Bertz CT molecular complexity index is 1060. The first-order chi connectivity index (χ1) is 16.7. The number of carboxylic acids is 1. The largest absolute Gasteiger partial charge is 0.480 e. The van der Waals surface area contributed by atoms with Gasteiger partial charge in [0.2, 0.25) is 5.91 Å². The van der Waals surface area contributed by atoms with Crippen molar-refractivity contribution in [2.24, 2.45) is 0 Å². The average molecular weight is 480 g/mol. The maximum Gasteiger partial charge on any atom is 0.407 e. The summed E-state index contributed by atoms with van der Waals surface area (Å²) in [4.78, 5) is 38.8. The summed E-state index contributed by atoms with van der Waals surface area (Å²) in [7, 11) is 3.44. The molecular weight excluding hydrogens is 446 g/mol. The summed E-state index contributed by atoms with van der Waals surface area (Å²) in [5, 5.41) is 14.6. The minimum atomic E-state index is -1.14. The van der Waals surface area contributed by atoms with Crippen LogP contribution in [-0.2, 0) is 14.3 Å². The standard InChI is InChI=1S/C27H33N3O5/c1-17(2)13-14-23(25(31)28-24(26(32)33)15-30(3)4)29-27(34)35-16-22-20-11-7-5-9-18(20)19-10-6-8-12-21(19)22/h5-13,22-24H,14-16H2,1-4H3,(H,28,31)(H,29,34)(H,32,33). The number of hydrogen-bond donors (Lipinski definition) is 3. The molecule has 0 saturated carbocycles. The third kappa shape index (κ3) is 6.70. The highest BCUT2D eigenvalue weighted by atomic mass is 16.5. The highest BCUT2D eigenvalue weighted by Gasteiger charge is 2.30. The molecule has 1 aliphatic carbocycles. The Morgan fingerprint density at radius 1 is 0.971 bits per heavy atom. The predicted octanol–water partition coefficient (Wildman–Crippen LogP) is 3.38. The maximum absolute atomic E-state index is 12.9. The molecule has 8 heteroatoms.